The van der Waals surface area contributed by atoms with Gasteiger partial charge in [0, 0.05) is 18.3 Å². The predicted octanol–water partition coefficient (Wildman–Crippen LogP) is 3.05. The van der Waals surface area contributed by atoms with Gasteiger partial charge >= 0.3 is 0 Å². The summed E-state index contributed by atoms with van der Waals surface area (Å²) in [6.45, 7) is 4.78. The molecule has 0 radical (unpaired) electrons. The van der Waals surface area contributed by atoms with Crippen LogP contribution in [0.3, 0.4) is 0 Å². The van der Waals surface area contributed by atoms with Crippen molar-refractivity contribution in [3.8, 4) is 5.75 Å². The van der Waals surface area contributed by atoms with Gasteiger partial charge in [-0.1, -0.05) is 23.9 Å². The number of carbonyl (C=O) groups is 1. The molecule has 0 fully saturated rings. The van der Waals surface area contributed by atoms with Crippen LogP contribution in [-0.2, 0) is 34.5 Å². The molecule has 2 aromatic heterocycles. The summed E-state index contributed by atoms with van der Waals surface area (Å²) in [5, 5.41) is 8.69. The maximum Gasteiger partial charge on any atom is 0.266 e. The number of sulfonamides is 1. The maximum atomic E-state index is 14.1. The number of benzene rings is 2. The first-order chi connectivity index (χ1) is 16.8. The number of halogens is 1. The predicted molar refractivity (Wildman–Crippen MR) is 124 cm³/mol. The van der Waals surface area contributed by atoms with Gasteiger partial charge in [-0.25, -0.2) is 12.8 Å². The summed E-state index contributed by atoms with van der Waals surface area (Å²) >= 11 is 0. The van der Waals surface area contributed by atoms with E-state index in [0.717, 1.165) is 29.0 Å². The first-order valence-electron chi connectivity index (χ1n) is 10.5. The molecule has 2 aromatic carbocycles. The van der Waals surface area contributed by atoms with Crippen LogP contribution in [0.25, 0.3) is 11.0 Å². The van der Waals surface area contributed by atoms with Crippen molar-refractivity contribution in [3.05, 3.63) is 77.9 Å². The van der Waals surface area contributed by atoms with Gasteiger partial charge in [0.15, 0.2) is 11.4 Å². The highest BCUT2D eigenvalue weighted by Gasteiger charge is 2.26. The van der Waals surface area contributed by atoms with E-state index < -0.39 is 20.7 Å². The molecule has 0 bridgehead atoms. The second kappa shape index (κ2) is 8.55. The van der Waals surface area contributed by atoms with Crippen LogP contribution in [0.15, 0.2) is 64.7 Å². The summed E-state index contributed by atoms with van der Waals surface area (Å²) in [7, 11) is -2.81. The van der Waals surface area contributed by atoms with Gasteiger partial charge in [-0.2, -0.15) is 5.10 Å². The smallest absolute Gasteiger partial charge is 0.266 e. The number of hydrogen-bond donors (Lipinski definition) is 1. The Bertz CT molecular complexity index is 1550. The van der Waals surface area contributed by atoms with Crippen LogP contribution < -0.4 is 9.46 Å². The fraction of sp³-hybridized carbons (Fsp3) is 0.174. The fourth-order valence-electron chi connectivity index (χ4n) is 4.02. The Morgan fingerprint density at radius 3 is 2.83 bits per heavy atom. The molecule has 0 aliphatic carbocycles. The summed E-state index contributed by atoms with van der Waals surface area (Å²) < 4.78 is 54.3. The van der Waals surface area contributed by atoms with Gasteiger partial charge in [0.2, 0.25) is 5.91 Å². The van der Waals surface area contributed by atoms with Gasteiger partial charge in [0.05, 0.1) is 25.9 Å². The van der Waals surface area contributed by atoms with Crippen molar-refractivity contribution < 1.29 is 26.9 Å². The highest BCUT2D eigenvalue weighted by Crippen LogP contribution is 2.35. The minimum absolute atomic E-state index is 0.114. The summed E-state index contributed by atoms with van der Waals surface area (Å²) in [5.41, 5.74) is 2.83. The van der Waals surface area contributed by atoms with Gasteiger partial charge in [0.25, 0.3) is 10.0 Å². The zero-order valence-corrected chi connectivity index (χ0v) is 19.4. The molecule has 180 valence electrons. The number of aromatic nitrogens is 3. The maximum absolute atomic E-state index is 14.1. The zero-order valence-electron chi connectivity index (χ0n) is 18.6. The van der Waals surface area contributed by atoms with Gasteiger partial charge in [0.1, 0.15) is 21.8 Å². The van der Waals surface area contributed by atoms with Crippen LogP contribution in [0.4, 0.5) is 10.2 Å². The van der Waals surface area contributed by atoms with Crippen LogP contribution in [0, 0.1) is 5.82 Å². The summed E-state index contributed by atoms with van der Waals surface area (Å²) in [4.78, 5) is 13.0. The van der Waals surface area contributed by atoms with Crippen molar-refractivity contribution >= 4 is 32.7 Å². The molecule has 3 heterocycles. The molecule has 10 nitrogen and oxygen atoms in total. The number of anilines is 1. The Kier molecular flexibility index (Phi) is 5.52. The molecule has 35 heavy (non-hydrogen) atoms. The minimum atomic E-state index is -4.25. The monoisotopic (exact) mass is 497 g/mol. The van der Waals surface area contributed by atoms with Gasteiger partial charge in [-0.3, -0.25) is 14.2 Å². The Hall–Kier alpha value is -4.19. The molecular formula is C23H20FN5O5S. The highest BCUT2D eigenvalue weighted by molar-refractivity contribution is 7.92. The van der Waals surface area contributed by atoms with Gasteiger partial charge < -0.3 is 14.2 Å². The van der Waals surface area contributed by atoms with Crippen LogP contribution in [-0.4, -0.2) is 41.3 Å². The number of rotatable bonds is 7. The minimum Gasteiger partial charge on any atom is -0.496 e. The number of amides is 1. The Balaban J connectivity index is 1.41. The lowest BCUT2D eigenvalue weighted by Gasteiger charge is -2.13. The van der Waals surface area contributed by atoms with E-state index in [1.165, 1.54) is 25.3 Å². The number of hydrogen-bond acceptors (Lipinski definition) is 7. The third kappa shape index (κ3) is 4.12. The van der Waals surface area contributed by atoms with Crippen molar-refractivity contribution in [3.63, 3.8) is 0 Å². The Morgan fingerprint density at radius 1 is 1.31 bits per heavy atom. The highest BCUT2D eigenvalue weighted by atomic mass is 32.2. The van der Waals surface area contributed by atoms with Crippen molar-refractivity contribution in [2.75, 3.05) is 11.8 Å². The van der Waals surface area contributed by atoms with Crippen LogP contribution in [0.2, 0.25) is 0 Å². The average Bonchev–Trinajstić information content (AvgIpc) is 3.51. The van der Waals surface area contributed by atoms with Gasteiger partial charge in [-0.15, -0.1) is 0 Å². The molecule has 1 aliphatic rings. The zero-order chi connectivity index (χ0) is 24.7. The van der Waals surface area contributed by atoms with E-state index >= 15 is 0 Å². The van der Waals surface area contributed by atoms with Crippen LogP contribution in [0.1, 0.15) is 16.8 Å². The molecular weight excluding hydrogens is 477 g/mol. The number of nitrogens with one attached hydrogen (secondary N) is 1. The number of fused-ring (bicyclic) bond motifs is 2. The standard InChI is InChI=1S/C23H20FN5O5S/c1-3-21(30)28-11-15-12-29(25-17(15)13-28)10-14-8-18(33-2)22-19(9-14)34-26-23(22)27-35(31,32)20-7-5-4-6-16(20)24/h3-9,12H,1,10-11,13H2,2H3,(H,26,27). The van der Waals surface area contributed by atoms with Crippen molar-refractivity contribution in [2.24, 2.45) is 0 Å². The lowest BCUT2D eigenvalue weighted by atomic mass is 10.1. The Labute approximate surface area is 199 Å². The molecule has 0 spiro atoms. The molecule has 12 heteroatoms. The molecule has 0 atom stereocenters. The van der Waals surface area contributed by atoms with E-state index in [1.807, 2.05) is 6.20 Å². The molecule has 1 N–H and O–H groups in total. The van der Waals surface area contributed by atoms with Crippen molar-refractivity contribution in [1.29, 1.82) is 0 Å². The molecule has 5 rings (SSSR count). The Morgan fingerprint density at radius 2 is 2.11 bits per heavy atom. The topological polar surface area (TPSA) is 120 Å². The molecule has 0 unspecified atom stereocenters. The molecule has 1 aliphatic heterocycles. The normalized spacial score (nSPS) is 13.1. The number of carbonyl (C=O) groups excluding carboxylic acids is 1. The number of methoxy groups -OCH3 is 1. The first-order valence-corrected chi connectivity index (χ1v) is 12.0. The summed E-state index contributed by atoms with van der Waals surface area (Å²) in [5.74, 6) is -0.814. The molecule has 0 saturated heterocycles. The van der Waals surface area contributed by atoms with E-state index in [0.29, 0.717) is 30.8 Å². The van der Waals surface area contributed by atoms with Crippen LogP contribution >= 0.6 is 0 Å². The van der Waals surface area contributed by atoms with Gasteiger partial charge in [-0.05, 0) is 35.9 Å². The van der Waals surface area contributed by atoms with E-state index in [2.05, 4.69) is 21.6 Å². The quantitative estimate of drug-likeness (QED) is 0.390. The third-order valence-electron chi connectivity index (χ3n) is 5.63. The fourth-order valence-corrected chi connectivity index (χ4v) is 5.11. The summed E-state index contributed by atoms with van der Waals surface area (Å²) in [6.07, 6.45) is 3.15. The third-order valence-corrected chi connectivity index (χ3v) is 7.00. The lowest BCUT2D eigenvalue weighted by Crippen LogP contribution is -2.23. The average molecular weight is 498 g/mol. The van der Waals surface area contributed by atoms with E-state index in [4.69, 9.17) is 9.26 Å². The largest absolute Gasteiger partial charge is 0.496 e. The van der Waals surface area contributed by atoms with E-state index in [-0.39, 0.29) is 17.3 Å². The second-order valence-corrected chi connectivity index (χ2v) is 9.59. The van der Waals surface area contributed by atoms with E-state index in [9.17, 15) is 17.6 Å². The van der Waals surface area contributed by atoms with Crippen molar-refractivity contribution in [1.82, 2.24) is 19.8 Å². The van der Waals surface area contributed by atoms with E-state index in [1.54, 1.807) is 21.7 Å². The molecule has 4 aromatic rings. The SMILES string of the molecule is C=CC(=O)N1Cc2cn(Cc3cc(OC)c4c(NS(=O)(=O)c5ccccc5F)noc4c3)nc2C1. The first kappa shape index (κ1) is 22.6. The molecule has 1 amide bonds. The summed E-state index contributed by atoms with van der Waals surface area (Å²) in [6, 6.07) is 8.46. The number of nitrogens with zero attached hydrogens (tertiary/aromatic N) is 4. The molecule has 0 saturated carbocycles. The van der Waals surface area contributed by atoms with Crippen LogP contribution in [0.5, 0.6) is 5.75 Å². The lowest BCUT2D eigenvalue weighted by molar-refractivity contribution is -0.126. The number of ether oxygens (including phenoxy) is 1. The van der Waals surface area contributed by atoms with Crippen molar-refractivity contribution in [2.45, 2.75) is 24.5 Å². The second-order valence-electron chi connectivity index (χ2n) is 7.94.